The molecule has 16 heavy (non-hydrogen) atoms. The van der Waals surface area contributed by atoms with Crippen molar-refractivity contribution in [1.82, 2.24) is 15.1 Å². The zero-order valence-electron chi connectivity index (χ0n) is 10.8. The van der Waals surface area contributed by atoms with Crippen molar-refractivity contribution in [3.8, 4) is 0 Å². The maximum atomic E-state index is 11.8. The molecule has 1 fully saturated rings. The van der Waals surface area contributed by atoms with Gasteiger partial charge in [0.1, 0.15) is 0 Å². The van der Waals surface area contributed by atoms with E-state index in [4.69, 9.17) is 0 Å². The average Bonchev–Trinajstić information content (AvgIpc) is 2.29. The smallest absolute Gasteiger partial charge is 0.317 e. The molecule has 94 valence electrons. The molecule has 0 radical (unpaired) electrons. The van der Waals surface area contributed by atoms with Crippen molar-refractivity contribution in [1.29, 1.82) is 0 Å². The number of carbonyl (C=O) groups is 1. The van der Waals surface area contributed by atoms with Crippen LogP contribution in [0.25, 0.3) is 0 Å². The fraction of sp³-hybridized carbons (Fsp3) is 0.917. The zero-order chi connectivity index (χ0) is 12.0. The van der Waals surface area contributed by atoms with Crippen molar-refractivity contribution >= 4 is 6.03 Å². The number of rotatable bonds is 4. The summed E-state index contributed by atoms with van der Waals surface area (Å²) in [5, 5.41) is 3.03. The molecule has 0 aromatic rings. The summed E-state index contributed by atoms with van der Waals surface area (Å²) >= 11 is 0. The van der Waals surface area contributed by atoms with Gasteiger partial charge in [-0.2, -0.15) is 0 Å². The lowest BCUT2D eigenvalue weighted by Gasteiger charge is -2.33. The Bertz CT molecular complexity index is 216. The van der Waals surface area contributed by atoms with Gasteiger partial charge in [0.05, 0.1) is 0 Å². The van der Waals surface area contributed by atoms with Gasteiger partial charge in [-0.1, -0.05) is 6.42 Å². The molecule has 1 unspecified atom stereocenters. The maximum absolute atomic E-state index is 11.8. The molecule has 1 aliphatic heterocycles. The van der Waals surface area contributed by atoms with Gasteiger partial charge >= 0.3 is 6.03 Å². The van der Waals surface area contributed by atoms with Crippen molar-refractivity contribution in [3.05, 3.63) is 0 Å². The van der Waals surface area contributed by atoms with Crippen LogP contribution in [0.5, 0.6) is 0 Å². The molecule has 1 N–H and O–H groups in total. The lowest BCUT2D eigenvalue weighted by Crippen LogP contribution is -2.48. The molecule has 0 aliphatic carbocycles. The number of hydrogen-bond donors (Lipinski definition) is 1. The van der Waals surface area contributed by atoms with E-state index in [1.54, 1.807) is 0 Å². The van der Waals surface area contributed by atoms with Crippen LogP contribution in [0, 0.1) is 0 Å². The number of carbonyl (C=O) groups excluding carboxylic acids is 1. The number of nitrogens with one attached hydrogen (secondary N) is 1. The molecule has 1 atom stereocenters. The molecule has 0 bridgehead atoms. The Kier molecular flexibility index (Phi) is 5.60. The molecule has 2 amide bonds. The predicted molar refractivity (Wildman–Crippen MR) is 66.6 cm³/mol. The number of likely N-dealkylation sites (tertiary alicyclic amines) is 1. The maximum Gasteiger partial charge on any atom is 0.317 e. The van der Waals surface area contributed by atoms with E-state index < -0.39 is 0 Å². The molecule has 4 heteroatoms. The van der Waals surface area contributed by atoms with Crippen molar-refractivity contribution in [2.75, 3.05) is 33.2 Å². The Morgan fingerprint density at radius 2 is 2.06 bits per heavy atom. The molecule has 1 rings (SSSR count). The highest BCUT2D eigenvalue weighted by Gasteiger charge is 2.19. The number of urea groups is 1. The van der Waals surface area contributed by atoms with Gasteiger partial charge in [-0.15, -0.1) is 0 Å². The highest BCUT2D eigenvalue weighted by atomic mass is 16.2. The predicted octanol–water partition coefficient (Wildman–Crippen LogP) is 1.52. The monoisotopic (exact) mass is 227 g/mol. The topological polar surface area (TPSA) is 35.6 Å². The molecular formula is C12H25N3O. The van der Waals surface area contributed by atoms with Gasteiger partial charge in [-0.3, -0.25) is 0 Å². The molecular weight excluding hydrogens is 202 g/mol. The van der Waals surface area contributed by atoms with Crippen LogP contribution in [0.1, 0.15) is 33.1 Å². The lowest BCUT2D eigenvalue weighted by molar-refractivity contribution is 0.170. The van der Waals surface area contributed by atoms with Gasteiger partial charge in [0, 0.05) is 25.7 Å². The third-order valence-corrected chi connectivity index (χ3v) is 3.46. The van der Waals surface area contributed by atoms with Crippen LogP contribution in [-0.2, 0) is 0 Å². The van der Waals surface area contributed by atoms with E-state index in [-0.39, 0.29) is 6.03 Å². The van der Waals surface area contributed by atoms with Crippen LogP contribution in [0.15, 0.2) is 0 Å². The van der Waals surface area contributed by atoms with Crippen LogP contribution in [0.3, 0.4) is 0 Å². The van der Waals surface area contributed by atoms with Gasteiger partial charge in [0.15, 0.2) is 0 Å². The van der Waals surface area contributed by atoms with E-state index in [2.05, 4.69) is 17.3 Å². The Balaban J connectivity index is 2.29. The second kappa shape index (κ2) is 6.74. The van der Waals surface area contributed by atoms with E-state index in [0.29, 0.717) is 6.04 Å². The average molecular weight is 227 g/mol. The Hall–Kier alpha value is -0.770. The SMILES string of the molecule is CCN(CC)C(=O)NCC1CCCCN1C. The molecule has 0 aromatic carbocycles. The van der Waals surface area contributed by atoms with Gasteiger partial charge in [0.2, 0.25) is 0 Å². The van der Waals surface area contributed by atoms with E-state index in [1.165, 1.54) is 19.3 Å². The first-order valence-corrected chi connectivity index (χ1v) is 6.42. The normalized spacial score (nSPS) is 21.8. The first kappa shape index (κ1) is 13.3. The third-order valence-electron chi connectivity index (χ3n) is 3.46. The summed E-state index contributed by atoms with van der Waals surface area (Å²) in [5.74, 6) is 0. The number of piperidine rings is 1. The Morgan fingerprint density at radius 3 is 2.62 bits per heavy atom. The van der Waals surface area contributed by atoms with Gasteiger partial charge < -0.3 is 15.1 Å². The van der Waals surface area contributed by atoms with E-state index in [9.17, 15) is 4.79 Å². The molecule has 1 saturated heterocycles. The van der Waals surface area contributed by atoms with Crippen molar-refractivity contribution in [3.63, 3.8) is 0 Å². The van der Waals surface area contributed by atoms with E-state index in [0.717, 1.165) is 26.2 Å². The molecule has 0 spiro atoms. The highest BCUT2D eigenvalue weighted by molar-refractivity contribution is 5.74. The quantitative estimate of drug-likeness (QED) is 0.790. The van der Waals surface area contributed by atoms with Crippen molar-refractivity contribution in [2.24, 2.45) is 0 Å². The Labute approximate surface area is 99.0 Å². The number of amides is 2. The van der Waals surface area contributed by atoms with Crippen molar-refractivity contribution < 1.29 is 4.79 Å². The molecule has 0 saturated carbocycles. The van der Waals surface area contributed by atoms with Crippen LogP contribution < -0.4 is 5.32 Å². The number of nitrogens with zero attached hydrogens (tertiary/aromatic N) is 2. The summed E-state index contributed by atoms with van der Waals surface area (Å²) in [6, 6.07) is 0.595. The minimum atomic E-state index is 0.0731. The summed E-state index contributed by atoms with van der Waals surface area (Å²) < 4.78 is 0. The zero-order valence-corrected chi connectivity index (χ0v) is 10.8. The Morgan fingerprint density at radius 1 is 1.38 bits per heavy atom. The first-order chi connectivity index (χ1) is 7.69. The summed E-state index contributed by atoms with van der Waals surface area (Å²) in [4.78, 5) is 15.9. The third kappa shape index (κ3) is 3.67. The van der Waals surface area contributed by atoms with Gasteiger partial charge in [0.25, 0.3) is 0 Å². The van der Waals surface area contributed by atoms with Crippen LogP contribution in [0.2, 0.25) is 0 Å². The fourth-order valence-electron chi connectivity index (χ4n) is 2.23. The largest absolute Gasteiger partial charge is 0.336 e. The molecule has 1 heterocycles. The molecule has 1 aliphatic rings. The first-order valence-electron chi connectivity index (χ1n) is 6.42. The van der Waals surface area contributed by atoms with E-state index >= 15 is 0 Å². The van der Waals surface area contributed by atoms with Crippen LogP contribution in [-0.4, -0.2) is 55.1 Å². The van der Waals surface area contributed by atoms with Crippen molar-refractivity contribution in [2.45, 2.75) is 39.2 Å². The van der Waals surface area contributed by atoms with Gasteiger partial charge in [-0.05, 0) is 40.3 Å². The lowest BCUT2D eigenvalue weighted by atomic mass is 10.0. The van der Waals surface area contributed by atoms with Gasteiger partial charge in [-0.25, -0.2) is 4.79 Å². The molecule has 0 aromatic heterocycles. The summed E-state index contributed by atoms with van der Waals surface area (Å²) in [6.07, 6.45) is 3.78. The summed E-state index contributed by atoms with van der Waals surface area (Å²) in [6.45, 7) is 7.52. The fourth-order valence-corrected chi connectivity index (χ4v) is 2.23. The number of likely N-dealkylation sites (N-methyl/N-ethyl adjacent to an activating group) is 1. The summed E-state index contributed by atoms with van der Waals surface area (Å²) in [5.41, 5.74) is 0. The second-order valence-electron chi connectivity index (χ2n) is 4.49. The van der Waals surface area contributed by atoms with Crippen LogP contribution in [0.4, 0.5) is 4.79 Å². The summed E-state index contributed by atoms with van der Waals surface area (Å²) in [7, 11) is 2.15. The number of hydrogen-bond acceptors (Lipinski definition) is 2. The minimum Gasteiger partial charge on any atom is -0.336 e. The second-order valence-corrected chi connectivity index (χ2v) is 4.49. The minimum absolute atomic E-state index is 0.0731. The molecule has 4 nitrogen and oxygen atoms in total. The standard InChI is InChI=1S/C12H25N3O/c1-4-15(5-2)12(16)13-10-11-8-6-7-9-14(11)3/h11H,4-10H2,1-3H3,(H,13,16). The van der Waals surface area contributed by atoms with Crippen LogP contribution >= 0.6 is 0 Å². The highest BCUT2D eigenvalue weighted by Crippen LogP contribution is 2.13. The van der Waals surface area contributed by atoms with E-state index in [1.807, 2.05) is 18.7 Å².